The number of morpholine rings is 1. The van der Waals surface area contributed by atoms with E-state index < -0.39 is 0 Å². The third kappa shape index (κ3) is 5.81. The zero-order valence-corrected chi connectivity index (χ0v) is 17.2. The van der Waals surface area contributed by atoms with Crippen molar-refractivity contribution in [3.63, 3.8) is 0 Å². The van der Waals surface area contributed by atoms with E-state index in [-0.39, 0.29) is 18.2 Å². The van der Waals surface area contributed by atoms with Crippen LogP contribution in [0.15, 0.2) is 48.5 Å². The Bertz CT molecular complexity index is 847. The second kappa shape index (κ2) is 10.1. The molecule has 0 bridgehead atoms. The van der Waals surface area contributed by atoms with Crippen molar-refractivity contribution in [3.05, 3.63) is 59.7 Å². The lowest BCUT2D eigenvalue weighted by atomic mass is 10.1. The van der Waals surface area contributed by atoms with Crippen molar-refractivity contribution in [1.82, 2.24) is 5.32 Å². The van der Waals surface area contributed by atoms with Crippen LogP contribution in [-0.2, 0) is 20.9 Å². The molecule has 1 fully saturated rings. The molecule has 0 spiro atoms. The minimum absolute atomic E-state index is 0.0680. The van der Waals surface area contributed by atoms with Crippen molar-refractivity contribution in [3.8, 4) is 0 Å². The highest BCUT2D eigenvalue weighted by Crippen LogP contribution is 2.30. The van der Waals surface area contributed by atoms with E-state index in [1.165, 1.54) is 5.56 Å². The molecule has 1 N–H and O–H groups in total. The summed E-state index contributed by atoms with van der Waals surface area (Å²) in [5.74, 6) is -0.140. The largest absolute Gasteiger partial charge is 0.378 e. The number of hydrogen-bond donors (Lipinski definition) is 1. The number of nitrogens with one attached hydrogen (secondary N) is 1. The highest BCUT2D eigenvalue weighted by molar-refractivity contribution is 5.96. The van der Waals surface area contributed by atoms with Crippen LogP contribution in [0.5, 0.6) is 0 Å². The maximum Gasteiger partial charge on any atom is 0.223 e. The van der Waals surface area contributed by atoms with Crippen LogP contribution in [0.25, 0.3) is 0 Å². The van der Waals surface area contributed by atoms with Gasteiger partial charge in [0.25, 0.3) is 0 Å². The van der Waals surface area contributed by atoms with Gasteiger partial charge in [0.15, 0.2) is 0 Å². The maximum absolute atomic E-state index is 12.4. The molecule has 0 radical (unpaired) electrons. The average Bonchev–Trinajstić information content (AvgIpc) is 2.73. The van der Waals surface area contributed by atoms with E-state index in [9.17, 15) is 9.59 Å². The number of rotatable bonds is 7. The third-order valence-corrected chi connectivity index (χ3v) is 5.04. The van der Waals surface area contributed by atoms with Gasteiger partial charge in [0.2, 0.25) is 11.8 Å². The van der Waals surface area contributed by atoms with E-state index in [1.807, 2.05) is 49.4 Å². The number of amides is 2. The number of ether oxygens (including phenoxy) is 1. The molecular weight excluding hydrogens is 366 g/mol. The fraction of sp³-hybridized carbons (Fsp3) is 0.391. The van der Waals surface area contributed by atoms with Gasteiger partial charge in [0, 0.05) is 39.5 Å². The zero-order chi connectivity index (χ0) is 20.6. The van der Waals surface area contributed by atoms with Gasteiger partial charge in [-0.2, -0.15) is 0 Å². The van der Waals surface area contributed by atoms with Crippen molar-refractivity contribution in [2.75, 3.05) is 42.6 Å². The number of carbonyl (C=O) groups is 2. The lowest BCUT2D eigenvalue weighted by Gasteiger charge is -2.33. The lowest BCUT2D eigenvalue weighted by Crippen LogP contribution is -2.39. The molecule has 0 atom stereocenters. The Morgan fingerprint density at radius 2 is 1.86 bits per heavy atom. The molecule has 154 valence electrons. The fourth-order valence-electron chi connectivity index (χ4n) is 3.54. The van der Waals surface area contributed by atoms with Crippen LogP contribution in [0, 0.1) is 6.92 Å². The Morgan fingerprint density at radius 1 is 1.10 bits per heavy atom. The van der Waals surface area contributed by atoms with Gasteiger partial charge in [-0.15, -0.1) is 0 Å². The standard InChI is InChI=1S/C23H29N3O3/c1-18-6-5-7-20(16-18)17-24-23(28)10-11-26(19(2)27)22-9-4-3-8-21(22)25-12-14-29-15-13-25/h3-9,16H,10-15,17H2,1-2H3,(H,24,28). The molecule has 2 aromatic carbocycles. The minimum Gasteiger partial charge on any atom is -0.378 e. The Kier molecular flexibility index (Phi) is 7.25. The van der Waals surface area contributed by atoms with Gasteiger partial charge < -0.3 is 19.9 Å². The molecule has 0 unspecified atom stereocenters. The van der Waals surface area contributed by atoms with E-state index >= 15 is 0 Å². The van der Waals surface area contributed by atoms with Gasteiger partial charge in [0.1, 0.15) is 0 Å². The van der Waals surface area contributed by atoms with Crippen molar-refractivity contribution < 1.29 is 14.3 Å². The number of hydrogen-bond acceptors (Lipinski definition) is 4. The third-order valence-electron chi connectivity index (χ3n) is 5.04. The quantitative estimate of drug-likeness (QED) is 0.783. The van der Waals surface area contributed by atoms with Gasteiger partial charge in [-0.1, -0.05) is 42.0 Å². The number of aryl methyl sites for hydroxylation is 1. The van der Waals surface area contributed by atoms with Crippen LogP contribution in [0.4, 0.5) is 11.4 Å². The van der Waals surface area contributed by atoms with Gasteiger partial charge in [-0.3, -0.25) is 9.59 Å². The molecule has 1 heterocycles. The maximum atomic E-state index is 12.4. The van der Waals surface area contributed by atoms with Gasteiger partial charge in [0.05, 0.1) is 24.6 Å². The highest BCUT2D eigenvalue weighted by atomic mass is 16.5. The summed E-state index contributed by atoms with van der Waals surface area (Å²) < 4.78 is 5.44. The molecule has 3 rings (SSSR count). The molecule has 29 heavy (non-hydrogen) atoms. The second-order valence-corrected chi connectivity index (χ2v) is 7.27. The topological polar surface area (TPSA) is 61.9 Å². The zero-order valence-electron chi connectivity index (χ0n) is 17.2. The molecule has 1 aliphatic heterocycles. The molecule has 0 saturated carbocycles. The first-order valence-corrected chi connectivity index (χ1v) is 10.1. The lowest BCUT2D eigenvalue weighted by molar-refractivity contribution is -0.121. The molecule has 0 aromatic heterocycles. The fourth-order valence-corrected chi connectivity index (χ4v) is 3.54. The van der Waals surface area contributed by atoms with E-state index in [4.69, 9.17) is 4.74 Å². The first-order chi connectivity index (χ1) is 14.0. The summed E-state index contributed by atoms with van der Waals surface area (Å²) in [6.45, 7) is 7.34. The number of carbonyl (C=O) groups excluding carboxylic acids is 2. The van der Waals surface area contributed by atoms with Crippen molar-refractivity contribution in [2.45, 2.75) is 26.8 Å². The summed E-state index contributed by atoms with van der Waals surface area (Å²) in [5.41, 5.74) is 4.08. The number of anilines is 2. The van der Waals surface area contributed by atoms with Gasteiger partial charge >= 0.3 is 0 Å². The first-order valence-electron chi connectivity index (χ1n) is 10.1. The summed E-state index contributed by atoms with van der Waals surface area (Å²) in [7, 11) is 0. The number of nitrogens with zero attached hydrogens (tertiary/aromatic N) is 2. The minimum atomic E-state index is -0.0720. The van der Waals surface area contributed by atoms with E-state index in [0.29, 0.717) is 26.3 Å². The van der Waals surface area contributed by atoms with Crippen LogP contribution >= 0.6 is 0 Å². The highest BCUT2D eigenvalue weighted by Gasteiger charge is 2.21. The van der Waals surface area contributed by atoms with Crippen molar-refractivity contribution >= 4 is 23.2 Å². The molecule has 0 aliphatic carbocycles. The normalized spacial score (nSPS) is 13.8. The van der Waals surface area contributed by atoms with Crippen LogP contribution in [0.3, 0.4) is 0 Å². The number of benzene rings is 2. The van der Waals surface area contributed by atoms with E-state index in [0.717, 1.165) is 30.0 Å². The van der Waals surface area contributed by atoms with Crippen LogP contribution in [0.1, 0.15) is 24.5 Å². The Hall–Kier alpha value is -2.86. The summed E-state index contributed by atoms with van der Waals surface area (Å²) in [5, 5.41) is 2.95. The van der Waals surface area contributed by atoms with Crippen molar-refractivity contribution in [2.24, 2.45) is 0 Å². The Morgan fingerprint density at radius 3 is 2.59 bits per heavy atom. The molecule has 6 heteroatoms. The monoisotopic (exact) mass is 395 g/mol. The van der Waals surface area contributed by atoms with Gasteiger partial charge in [-0.25, -0.2) is 0 Å². The molecule has 2 aromatic rings. The predicted octanol–water partition coefficient (Wildman–Crippen LogP) is 2.89. The summed E-state index contributed by atoms with van der Waals surface area (Å²) in [6.07, 6.45) is 0.253. The Balaban J connectivity index is 1.63. The Labute approximate surface area is 172 Å². The van der Waals surface area contributed by atoms with E-state index in [2.05, 4.69) is 16.3 Å². The molecule has 1 saturated heterocycles. The first kappa shape index (κ1) is 20.9. The van der Waals surface area contributed by atoms with Gasteiger partial charge in [-0.05, 0) is 24.6 Å². The van der Waals surface area contributed by atoms with E-state index in [1.54, 1.807) is 11.8 Å². The molecular formula is C23H29N3O3. The second-order valence-electron chi connectivity index (χ2n) is 7.27. The summed E-state index contributed by atoms with van der Waals surface area (Å²) in [4.78, 5) is 28.7. The van der Waals surface area contributed by atoms with Crippen LogP contribution < -0.4 is 15.1 Å². The predicted molar refractivity (Wildman–Crippen MR) is 115 cm³/mol. The summed E-state index contributed by atoms with van der Waals surface area (Å²) >= 11 is 0. The SMILES string of the molecule is CC(=O)N(CCC(=O)NCc1cccc(C)c1)c1ccccc1N1CCOCC1. The number of para-hydroxylation sites is 2. The van der Waals surface area contributed by atoms with Crippen molar-refractivity contribution in [1.29, 1.82) is 0 Å². The summed E-state index contributed by atoms with van der Waals surface area (Å²) in [6, 6.07) is 15.9. The average molecular weight is 396 g/mol. The van der Waals surface area contributed by atoms with Crippen LogP contribution in [0.2, 0.25) is 0 Å². The molecule has 1 aliphatic rings. The van der Waals surface area contributed by atoms with Crippen LogP contribution in [-0.4, -0.2) is 44.7 Å². The smallest absolute Gasteiger partial charge is 0.223 e. The molecule has 2 amide bonds. The molecule has 6 nitrogen and oxygen atoms in total.